The highest BCUT2D eigenvalue weighted by atomic mass is 16.1. The first-order valence-electron chi connectivity index (χ1n) is 11.8. The summed E-state index contributed by atoms with van der Waals surface area (Å²) in [5.41, 5.74) is 3.47. The molecule has 7 heteroatoms. The van der Waals surface area contributed by atoms with Crippen LogP contribution in [0.5, 0.6) is 0 Å². The van der Waals surface area contributed by atoms with Crippen molar-refractivity contribution in [3.63, 3.8) is 0 Å². The lowest BCUT2D eigenvalue weighted by atomic mass is 10.1. The number of piperidine rings is 1. The van der Waals surface area contributed by atoms with Gasteiger partial charge in [-0.3, -0.25) is 9.59 Å². The minimum Gasteiger partial charge on any atom is -0.352 e. The van der Waals surface area contributed by atoms with Crippen molar-refractivity contribution in [1.82, 2.24) is 24.4 Å². The third kappa shape index (κ3) is 4.54. The van der Waals surface area contributed by atoms with Crippen LogP contribution in [0.15, 0.2) is 65.6 Å². The van der Waals surface area contributed by atoms with Gasteiger partial charge in [0.05, 0.1) is 23.8 Å². The van der Waals surface area contributed by atoms with Gasteiger partial charge in [0.15, 0.2) is 0 Å². The summed E-state index contributed by atoms with van der Waals surface area (Å²) in [6, 6.07) is 17.1. The van der Waals surface area contributed by atoms with Crippen LogP contribution in [0.3, 0.4) is 0 Å². The van der Waals surface area contributed by atoms with Gasteiger partial charge in [-0.15, -0.1) is 0 Å². The van der Waals surface area contributed by atoms with Crippen LogP contribution >= 0.6 is 0 Å². The molecule has 0 bridgehead atoms. The van der Waals surface area contributed by atoms with E-state index in [9.17, 15) is 9.59 Å². The molecule has 33 heavy (non-hydrogen) atoms. The van der Waals surface area contributed by atoms with E-state index in [1.54, 1.807) is 33.5 Å². The zero-order valence-corrected chi connectivity index (χ0v) is 18.7. The molecule has 170 valence electrons. The first-order valence-corrected chi connectivity index (χ1v) is 11.8. The molecular weight excluding hydrogens is 414 g/mol. The molecule has 2 aromatic carbocycles. The number of nitrogens with zero attached hydrogens (tertiary/aromatic N) is 4. The van der Waals surface area contributed by atoms with E-state index in [-0.39, 0.29) is 11.5 Å². The molecule has 1 N–H and O–H groups in total. The lowest BCUT2D eigenvalue weighted by Gasteiger charge is -2.26. The number of hydrogen-bond acceptors (Lipinski definition) is 4. The van der Waals surface area contributed by atoms with Gasteiger partial charge in [-0.1, -0.05) is 36.8 Å². The first kappa shape index (κ1) is 21.4. The van der Waals surface area contributed by atoms with Gasteiger partial charge in [-0.05, 0) is 68.7 Å². The molecule has 3 heterocycles. The maximum atomic E-state index is 13.2. The van der Waals surface area contributed by atoms with Crippen molar-refractivity contribution in [1.29, 1.82) is 0 Å². The predicted octanol–water partition coefficient (Wildman–Crippen LogP) is 3.30. The molecule has 0 spiro atoms. The van der Waals surface area contributed by atoms with Gasteiger partial charge in [-0.2, -0.15) is 5.10 Å². The molecule has 0 saturated carbocycles. The van der Waals surface area contributed by atoms with Gasteiger partial charge in [0.1, 0.15) is 5.52 Å². The lowest BCUT2D eigenvalue weighted by molar-refractivity contribution is 0.0951. The summed E-state index contributed by atoms with van der Waals surface area (Å²) in [5.74, 6) is -0.116. The van der Waals surface area contributed by atoms with Crippen LogP contribution in [0.25, 0.3) is 16.6 Å². The summed E-state index contributed by atoms with van der Waals surface area (Å²) in [5, 5.41) is 7.38. The fourth-order valence-electron chi connectivity index (χ4n) is 4.68. The van der Waals surface area contributed by atoms with Gasteiger partial charge in [0.25, 0.3) is 11.5 Å². The highest BCUT2D eigenvalue weighted by Crippen LogP contribution is 2.18. The van der Waals surface area contributed by atoms with Crippen molar-refractivity contribution in [2.24, 2.45) is 0 Å². The van der Waals surface area contributed by atoms with Crippen molar-refractivity contribution in [2.75, 3.05) is 26.2 Å². The van der Waals surface area contributed by atoms with E-state index in [1.165, 1.54) is 32.4 Å². The second kappa shape index (κ2) is 9.58. The molecule has 1 aliphatic rings. The Bertz CT molecular complexity index is 1320. The molecule has 1 amide bonds. The number of carbonyl (C=O) groups excluding carboxylic acids is 1. The highest BCUT2D eigenvalue weighted by Gasteiger charge is 2.15. The molecular formula is C26H29N5O2. The highest BCUT2D eigenvalue weighted by molar-refractivity contribution is 5.97. The Labute approximate surface area is 192 Å². The van der Waals surface area contributed by atoms with Crippen molar-refractivity contribution < 1.29 is 4.79 Å². The fraction of sp³-hybridized carbons (Fsp3) is 0.346. The molecule has 1 saturated heterocycles. The van der Waals surface area contributed by atoms with E-state index in [2.05, 4.69) is 15.3 Å². The SMILES string of the molecule is O=C(NCCCN1CCCCC1)c1ccc2c(c1)n(Cc1ccccc1)c(=O)c1ccnn12. The van der Waals surface area contributed by atoms with Crippen LogP contribution in [-0.4, -0.2) is 51.2 Å². The Balaban J connectivity index is 1.40. The van der Waals surface area contributed by atoms with Crippen LogP contribution in [0.4, 0.5) is 0 Å². The van der Waals surface area contributed by atoms with Gasteiger partial charge in [0.2, 0.25) is 0 Å². The maximum Gasteiger partial charge on any atom is 0.277 e. The van der Waals surface area contributed by atoms with E-state index in [0.29, 0.717) is 29.7 Å². The smallest absolute Gasteiger partial charge is 0.277 e. The number of nitrogens with one attached hydrogen (secondary N) is 1. The maximum absolute atomic E-state index is 13.2. The molecule has 4 aromatic rings. The summed E-state index contributed by atoms with van der Waals surface area (Å²) in [7, 11) is 0. The molecule has 0 aliphatic carbocycles. The molecule has 2 aromatic heterocycles. The topological polar surface area (TPSA) is 71.6 Å². The van der Waals surface area contributed by atoms with Crippen LogP contribution in [-0.2, 0) is 6.54 Å². The summed E-state index contributed by atoms with van der Waals surface area (Å²) >= 11 is 0. The molecule has 0 unspecified atom stereocenters. The van der Waals surface area contributed by atoms with Crippen molar-refractivity contribution >= 4 is 22.5 Å². The summed E-state index contributed by atoms with van der Waals surface area (Å²) in [6.07, 6.45) is 6.45. The van der Waals surface area contributed by atoms with Crippen LogP contribution in [0.1, 0.15) is 41.6 Å². The monoisotopic (exact) mass is 443 g/mol. The Kier molecular flexibility index (Phi) is 6.21. The summed E-state index contributed by atoms with van der Waals surface area (Å²) < 4.78 is 3.38. The molecule has 1 fully saturated rings. The number of aromatic nitrogens is 3. The van der Waals surface area contributed by atoms with E-state index in [1.807, 2.05) is 36.4 Å². The summed E-state index contributed by atoms with van der Waals surface area (Å²) in [6.45, 7) is 4.42. The first-order chi connectivity index (χ1) is 16.2. The summed E-state index contributed by atoms with van der Waals surface area (Å²) in [4.78, 5) is 28.6. The number of likely N-dealkylation sites (tertiary alicyclic amines) is 1. The number of benzene rings is 2. The van der Waals surface area contributed by atoms with E-state index >= 15 is 0 Å². The quantitative estimate of drug-likeness (QED) is 0.445. The average Bonchev–Trinajstić information content (AvgIpc) is 3.36. The van der Waals surface area contributed by atoms with E-state index in [0.717, 1.165) is 24.0 Å². The third-order valence-corrected chi connectivity index (χ3v) is 6.43. The minimum atomic E-state index is -0.122. The lowest BCUT2D eigenvalue weighted by Crippen LogP contribution is -2.33. The molecule has 1 aliphatic heterocycles. The molecule has 0 atom stereocenters. The van der Waals surface area contributed by atoms with E-state index < -0.39 is 0 Å². The van der Waals surface area contributed by atoms with Crippen LogP contribution < -0.4 is 10.9 Å². The Morgan fingerprint density at radius 1 is 0.939 bits per heavy atom. The van der Waals surface area contributed by atoms with Gasteiger partial charge >= 0.3 is 0 Å². The zero-order valence-electron chi connectivity index (χ0n) is 18.7. The average molecular weight is 444 g/mol. The van der Waals surface area contributed by atoms with Crippen molar-refractivity contribution in [3.8, 4) is 0 Å². The molecule has 0 radical (unpaired) electrons. The third-order valence-electron chi connectivity index (χ3n) is 6.43. The van der Waals surface area contributed by atoms with Gasteiger partial charge in [-0.25, -0.2) is 4.52 Å². The Morgan fingerprint density at radius 3 is 2.58 bits per heavy atom. The second-order valence-corrected chi connectivity index (χ2v) is 8.72. The fourth-order valence-corrected chi connectivity index (χ4v) is 4.68. The number of carbonyl (C=O) groups is 1. The Morgan fingerprint density at radius 2 is 1.76 bits per heavy atom. The second-order valence-electron chi connectivity index (χ2n) is 8.72. The minimum absolute atomic E-state index is 0.116. The standard InChI is InChI=1S/C26H29N5O2/c32-25(27-13-7-17-29-15-5-2-6-16-29)21-10-11-22-24(18-21)30(19-20-8-3-1-4-9-20)26(33)23-12-14-28-31(22)23/h1,3-4,8-12,14,18H,2,5-7,13,15-17,19H2,(H,27,32). The van der Waals surface area contributed by atoms with Crippen molar-refractivity contribution in [2.45, 2.75) is 32.2 Å². The Hall–Kier alpha value is -3.45. The number of fused-ring (bicyclic) bond motifs is 3. The van der Waals surface area contributed by atoms with Crippen LogP contribution in [0.2, 0.25) is 0 Å². The number of hydrogen-bond donors (Lipinski definition) is 1. The number of rotatable bonds is 7. The molecule has 5 rings (SSSR count). The zero-order chi connectivity index (χ0) is 22.6. The normalized spacial score (nSPS) is 14.7. The van der Waals surface area contributed by atoms with Gasteiger partial charge in [0, 0.05) is 12.1 Å². The largest absolute Gasteiger partial charge is 0.352 e. The van der Waals surface area contributed by atoms with E-state index in [4.69, 9.17) is 0 Å². The molecule has 7 nitrogen and oxygen atoms in total. The van der Waals surface area contributed by atoms with Crippen molar-refractivity contribution in [3.05, 3.63) is 82.3 Å². The van der Waals surface area contributed by atoms with Crippen LogP contribution in [0, 0.1) is 0 Å². The number of amides is 1. The van der Waals surface area contributed by atoms with Gasteiger partial charge < -0.3 is 14.8 Å². The predicted molar refractivity (Wildman–Crippen MR) is 130 cm³/mol.